The zero-order chi connectivity index (χ0) is 15.3. The van der Waals surface area contributed by atoms with Crippen molar-refractivity contribution in [1.82, 2.24) is 15.1 Å². The van der Waals surface area contributed by atoms with Crippen LogP contribution in [0.4, 0.5) is 0 Å². The lowest BCUT2D eigenvalue weighted by molar-refractivity contribution is 0.542. The van der Waals surface area contributed by atoms with Crippen molar-refractivity contribution in [2.75, 3.05) is 6.54 Å². The molecule has 0 aliphatic heterocycles. The number of aromatic nitrogens is 2. The minimum Gasteiger partial charge on any atom is -0.313 e. The largest absolute Gasteiger partial charge is 0.313 e. The molecule has 2 aromatic rings. The maximum absolute atomic E-state index is 4.61. The van der Waals surface area contributed by atoms with Crippen molar-refractivity contribution in [1.29, 1.82) is 0 Å². The van der Waals surface area contributed by atoms with E-state index < -0.39 is 0 Å². The summed E-state index contributed by atoms with van der Waals surface area (Å²) in [4.78, 5) is 0. The average Bonchev–Trinajstić information content (AvgIpc) is 2.81. The van der Waals surface area contributed by atoms with E-state index in [0.29, 0.717) is 0 Å². The third kappa shape index (κ3) is 4.71. The van der Waals surface area contributed by atoms with Crippen LogP contribution in [0.1, 0.15) is 44.0 Å². The molecule has 0 aliphatic rings. The van der Waals surface area contributed by atoms with E-state index >= 15 is 0 Å². The van der Waals surface area contributed by atoms with Gasteiger partial charge in [-0.2, -0.15) is 5.10 Å². The smallest absolute Gasteiger partial charge is 0.0722 e. The van der Waals surface area contributed by atoms with Crippen LogP contribution in [-0.4, -0.2) is 16.3 Å². The fourth-order valence-corrected chi connectivity index (χ4v) is 2.58. The fraction of sp³-hybridized carbons (Fsp3) is 0.500. The van der Waals surface area contributed by atoms with Gasteiger partial charge in [-0.3, -0.25) is 4.68 Å². The molecule has 114 valence electrons. The van der Waals surface area contributed by atoms with Gasteiger partial charge in [0.1, 0.15) is 0 Å². The van der Waals surface area contributed by atoms with Gasteiger partial charge < -0.3 is 5.32 Å². The average molecular weight is 285 g/mol. The number of nitrogens with one attached hydrogen (secondary N) is 1. The van der Waals surface area contributed by atoms with E-state index in [9.17, 15) is 0 Å². The Balaban J connectivity index is 1.79. The molecule has 0 unspecified atom stereocenters. The van der Waals surface area contributed by atoms with Crippen LogP contribution < -0.4 is 5.32 Å². The first-order valence-electron chi connectivity index (χ1n) is 7.74. The minimum absolute atomic E-state index is 0.0995. The maximum Gasteiger partial charge on any atom is 0.0722 e. The number of aryl methyl sites for hydroxylation is 2. The molecule has 1 N–H and O–H groups in total. The second-order valence-electron chi connectivity index (χ2n) is 6.69. The predicted octanol–water partition coefficient (Wildman–Crippen LogP) is 3.44. The quantitative estimate of drug-likeness (QED) is 0.824. The molecular formula is C18H27N3. The van der Waals surface area contributed by atoms with Gasteiger partial charge in [-0.15, -0.1) is 0 Å². The van der Waals surface area contributed by atoms with E-state index in [4.69, 9.17) is 0 Å². The standard InChI is InChI=1S/C18H27N3/c1-18(2,3)17-16(14-21(4)20-17)13-19-12-8-11-15-9-6-5-7-10-15/h5-7,9-10,14,19H,8,11-13H2,1-4H3. The molecule has 1 heterocycles. The molecular weight excluding hydrogens is 258 g/mol. The summed E-state index contributed by atoms with van der Waals surface area (Å²) in [6.45, 7) is 8.58. The van der Waals surface area contributed by atoms with Gasteiger partial charge in [0.25, 0.3) is 0 Å². The van der Waals surface area contributed by atoms with Crippen molar-refractivity contribution in [3.05, 3.63) is 53.3 Å². The topological polar surface area (TPSA) is 29.9 Å². The SMILES string of the molecule is Cn1cc(CNCCCc2ccccc2)c(C(C)(C)C)n1. The molecule has 2 rings (SSSR count). The first-order valence-corrected chi connectivity index (χ1v) is 7.74. The Morgan fingerprint density at radius 3 is 2.52 bits per heavy atom. The summed E-state index contributed by atoms with van der Waals surface area (Å²) in [7, 11) is 1.99. The lowest BCUT2D eigenvalue weighted by atomic mass is 9.89. The van der Waals surface area contributed by atoms with Crippen molar-refractivity contribution < 1.29 is 0 Å². The van der Waals surface area contributed by atoms with Crippen LogP contribution >= 0.6 is 0 Å². The van der Waals surface area contributed by atoms with Crippen LogP contribution in [-0.2, 0) is 25.4 Å². The highest BCUT2D eigenvalue weighted by Gasteiger charge is 2.21. The Hall–Kier alpha value is -1.61. The molecule has 21 heavy (non-hydrogen) atoms. The first kappa shape index (κ1) is 15.8. The highest BCUT2D eigenvalue weighted by Crippen LogP contribution is 2.23. The van der Waals surface area contributed by atoms with Gasteiger partial charge in [0, 0.05) is 30.8 Å². The van der Waals surface area contributed by atoms with Crippen molar-refractivity contribution in [2.45, 2.75) is 45.6 Å². The van der Waals surface area contributed by atoms with Crippen LogP contribution in [0.15, 0.2) is 36.5 Å². The van der Waals surface area contributed by atoms with E-state index in [0.717, 1.165) is 25.9 Å². The van der Waals surface area contributed by atoms with E-state index in [1.54, 1.807) is 0 Å². The van der Waals surface area contributed by atoms with Gasteiger partial charge in [-0.25, -0.2) is 0 Å². The van der Waals surface area contributed by atoms with Crippen molar-refractivity contribution >= 4 is 0 Å². The summed E-state index contributed by atoms with van der Waals surface area (Å²) in [5.74, 6) is 0. The number of hydrogen-bond donors (Lipinski definition) is 1. The van der Waals surface area contributed by atoms with Gasteiger partial charge >= 0.3 is 0 Å². The van der Waals surface area contributed by atoms with Gasteiger partial charge in [0.2, 0.25) is 0 Å². The molecule has 0 bridgehead atoms. The third-order valence-electron chi connectivity index (χ3n) is 3.59. The van der Waals surface area contributed by atoms with Crippen LogP contribution in [0.3, 0.4) is 0 Å². The number of rotatable bonds is 6. The van der Waals surface area contributed by atoms with E-state index in [1.807, 2.05) is 11.7 Å². The van der Waals surface area contributed by atoms with Crippen molar-refractivity contribution in [3.8, 4) is 0 Å². The van der Waals surface area contributed by atoms with Gasteiger partial charge in [0.15, 0.2) is 0 Å². The summed E-state index contributed by atoms with van der Waals surface area (Å²) in [6.07, 6.45) is 4.42. The van der Waals surface area contributed by atoms with Crippen LogP contribution in [0.2, 0.25) is 0 Å². The lowest BCUT2D eigenvalue weighted by Gasteiger charge is -2.17. The summed E-state index contributed by atoms with van der Waals surface area (Å²) in [5, 5.41) is 8.15. The first-order chi connectivity index (χ1) is 9.97. The highest BCUT2D eigenvalue weighted by atomic mass is 15.3. The van der Waals surface area contributed by atoms with Crippen LogP contribution in [0.5, 0.6) is 0 Å². The molecule has 1 aromatic carbocycles. The molecule has 0 radical (unpaired) electrons. The molecule has 3 heteroatoms. The second kappa shape index (κ2) is 6.90. The molecule has 0 atom stereocenters. The minimum atomic E-state index is 0.0995. The highest BCUT2D eigenvalue weighted by molar-refractivity contribution is 5.23. The molecule has 0 saturated heterocycles. The van der Waals surface area contributed by atoms with Crippen molar-refractivity contribution in [2.24, 2.45) is 7.05 Å². The summed E-state index contributed by atoms with van der Waals surface area (Å²) < 4.78 is 1.92. The predicted molar refractivity (Wildman–Crippen MR) is 88.4 cm³/mol. The number of hydrogen-bond acceptors (Lipinski definition) is 2. The van der Waals surface area contributed by atoms with Gasteiger partial charge in [-0.05, 0) is 24.9 Å². The molecule has 0 amide bonds. The van der Waals surface area contributed by atoms with E-state index in [-0.39, 0.29) is 5.41 Å². The number of benzene rings is 1. The zero-order valence-corrected chi connectivity index (χ0v) is 13.7. The van der Waals surface area contributed by atoms with Crippen LogP contribution in [0.25, 0.3) is 0 Å². The maximum atomic E-state index is 4.61. The Labute approximate surface area is 128 Å². The fourth-order valence-electron chi connectivity index (χ4n) is 2.58. The third-order valence-corrected chi connectivity index (χ3v) is 3.59. The Morgan fingerprint density at radius 2 is 1.86 bits per heavy atom. The molecule has 0 saturated carbocycles. The monoisotopic (exact) mass is 285 g/mol. The Bertz CT molecular complexity index is 550. The lowest BCUT2D eigenvalue weighted by Crippen LogP contribution is -2.20. The van der Waals surface area contributed by atoms with Crippen LogP contribution in [0, 0.1) is 0 Å². The zero-order valence-electron chi connectivity index (χ0n) is 13.7. The Kier molecular flexibility index (Phi) is 5.18. The molecule has 1 aromatic heterocycles. The molecule has 0 fully saturated rings. The second-order valence-corrected chi connectivity index (χ2v) is 6.69. The molecule has 0 aliphatic carbocycles. The van der Waals surface area contributed by atoms with Gasteiger partial charge in [0.05, 0.1) is 5.69 Å². The van der Waals surface area contributed by atoms with E-state index in [1.165, 1.54) is 16.8 Å². The summed E-state index contributed by atoms with van der Waals surface area (Å²) in [6, 6.07) is 10.7. The normalized spacial score (nSPS) is 11.8. The van der Waals surface area contributed by atoms with E-state index in [2.05, 4.69) is 67.7 Å². The Morgan fingerprint density at radius 1 is 1.14 bits per heavy atom. The molecule has 3 nitrogen and oxygen atoms in total. The summed E-state index contributed by atoms with van der Waals surface area (Å²) in [5.41, 5.74) is 4.02. The number of nitrogens with zero attached hydrogens (tertiary/aromatic N) is 2. The molecule has 0 spiro atoms. The van der Waals surface area contributed by atoms with Crippen molar-refractivity contribution in [3.63, 3.8) is 0 Å². The summed E-state index contributed by atoms with van der Waals surface area (Å²) >= 11 is 0. The van der Waals surface area contributed by atoms with Gasteiger partial charge in [-0.1, -0.05) is 51.1 Å².